The fourth-order valence-corrected chi connectivity index (χ4v) is 3.32. The van der Waals surface area contributed by atoms with Crippen LogP contribution in [0.1, 0.15) is 12.5 Å². The minimum absolute atomic E-state index is 0.141. The molecular weight excluding hydrogens is 274 g/mol. The Balaban J connectivity index is 1.85. The van der Waals surface area contributed by atoms with E-state index in [1.54, 1.807) is 0 Å². The Morgan fingerprint density at radius 2 is 1.85 bits per heavy atom. The predicted molar refractivity (Wildman–Crippen MR) is 82.5 cm³/mol. The molecule has 0 amide bonds. The molecule has 0 saturated carbocycles. The van der Waals surface area contributed by atoms with Gasteiger partial charge in [-0.05, 0) is 24.1 Å². The third-order valence-electron chi connectivity index (χ3n) is 3.52. The van der Waals surface area contributed by atoms with E-state index in [0.29, 0.717) is 12.2 Å². The molecule has 1 aliphatic rings. The summed E-state index contributed by atoms with van der Waals surface area (Å²) in [6.07, 6.45) is 0.954. The molecular formula is C14H23N3O2S. The molecule has 2 N–H and O–H groups in total. The smallest absolute Gasteiger partial charge is 0.233 e. The molecule has 0 atom stereocenters. The molecule has 0 aromatic heterocycles. The van der Waals surface area contributed by atoms with Crippen LogP contribution in [0.5, 0.6) is 0 Å². The highest BCUT2D eigenvalue weighted by Gasteiger charge is 2.15. The van der Waals surface area contributed by atoms with Crippen molar-refractivity contribution >= 4 is 15.7 Å². The number of rotatable bonds is 6. The quantitative estimate of drug-likeness (QED) is 0.819. The van der Waals surface area contributed by atoms with Crippen LogP contribution in [0.25, 0.3) is 0 Å². The summed E-state index contributed by atoms with van der Waals surface area (Å²) in [5, 5.41) is 3.26. The monoisotopic (exact) mass is 297 g/mol. The first-order valence-electron chi connectivity index (χ1n) is 7.11. The van der Waals surface area contributed by atoms with Gasteiger partial charge in [0.05, 0.1) is 5.75 Å². The van der Waals surface area contributed by atoms with E-state index in [1.807, 2.05) is 24.3 Å². The van der Waals surface area contributed by atoms with Gasteiger partial charge in [-0.25, -0.2) is 8.42 Å². The molecule has 1 aromatic carbocycles. The van der Waals surface area contributed by atoms with Gasteiger partial charge in [0.1, 0.15) is 0 Å². The lowest BCUT2D eigenvalue weighted by atomic mass is 10.2. The molecule has 1 fully saturated rings. The molecule has 2 rings (SSSR count). The van der Waals surface area contributed by atoms with Gasteiger partial charge in [-0.3, -0.25) is 9.62 Å². The van der Waals surface area contributed by atoms with Crippen molar-refractivity contribution in [2.24, 2.45) is 0 Å². The maximum absolute atomic E-state index is 12.0. The number of piperazine rings is 1. The van der Waals surface area contributed by atoms with Gasteiger partial charge in [-0.15, -0.1) is 0 Å². The molecule has 112 valence electrons. The zero-order valence-corrected chi connectivity index (χ0v) is 12.7. The van der Waals surface area contributed by atoms with Gasteiger partial charge in [-0.1, -0.05) is 19.1 Å². The second kappa shape index (κ2) is 7.06. The summed E-state index contributed by atoms with van der Waals surface area (Å²) in [4.78, 5) is 2.18. The number of aryl methyl sites for hydroxylation is 1. The van der Waals surface area contributed by atoms with E-state index in [4.69, 9.17) is 0 Å². The molecule has 1 heterocycles. The van der Waals surface area contributed by atoms with Crippen LogP contribution in [-0.2, 0) is 16.4 Å². The minimum atomic E-state index is -3.27. The average Bonchev–Trinajstić information content (AvgIpc) is 2.47. The summed E-state index contributed by atoms with van der Waals surface area (Å²) in [5.74, 6) is 0.141. The Labute approximate surface area is 121 Å². The lowest BCUT2D eigenvalue weighted by Gasteiger charge is -2.26. The average molecular weight is 297 g/mol. The molecule has 0 bridgehead atoms. The Hall–Kier alpha value is -1.11. The Morgan fingerprint density at radius 3 is 2.45 bits per heavy atom. The van der Waals surface area contributed by atoms with Gasteiger partial charge in [0.25, 0.3) is 0 Å². The van der Waals surface area contributed by atoms with Crippen LogP contribution in [0.4, 0.5) is 5.69 Å². The van der Waals surface area contributed by atoms with Gasteiger partial charge in [0.15, 0.2) is 0 Å². The van der Waals surface area contributed by atoms with Crippen molar-refractivity contribution in [3.8, 4) is 0 Å². The van der Waals surface area contributed by atoms with Crippen molar-refractivity contribution in [3.05, 3.63) is 29.8 Å². The molecule has 5 nitrogen and oxygen atoms in total. The Kier molecular flexibility index (Phi) is 5.39. The van der Waals surface area contributed by atoms with Crippen molar-refractivity contribution in [2.45, 2.75) is 13.3 Å². The summed E-state index contributed by atoms with van der Waals surface area (Å²) < 4.78 is 26.7. The molecule has 1 saturated heterocycles. The van der Waals surface area contributed by atoms with Crippen LogP contribution < -0.4 is 10.0 Å². The number of hydrogen-bond acceptors (Lipinski definition) is 4. The molecule has 0 spiro atoms. The van der Waals surface area contributed by atoms with Gasteiger partial charge < -0.3 is 5.32 Å². The highest BCUT2D eigenvalue weighted by molar-refractivity contribution is 7.92. The Bertz CT molecular complexity index is 508. The van der Waals surface area contributed by atoms with Crippen LogP contribution in [-0.4, -0.2) is 51.8 Å². The largest absolute Gasteiger partial charge is 0.314 e. The van der Waals surface area contributed by atoms with Crippen LogP contribution >= 0.6 is 0 Å². The van der Waals surface area contributed by atoms with Crippen molar-refractivity contribution < 1.29 is 8.42 Å². The molecule has 1 aliphatic heterocycles. The van der Waals surface area contributed by atoms with E-state index in [0.717, 1.165) is 32.6 Å². The third kappa shape index (κ3) is 4.77. The fourth-order valence-electron chi connectivity index (χ4n) is 2.22. The maximum atomic E-state index is 12.0. The van der Waals surface area contributed by atoms with E-state index >= 15 is 0 Å². The zero-order valence-electron chi connectivity index (χ0n) is 11.9. The first kappa shape index (κ1) is 15.3. The second-order valence-electron chi connectivity index (χ2n) is 5.06. The van der Waals surface area contributed by atoms with E-state index in [1.165, 1.54) is 5.56 Å². The first-order valence-corrected chi connectivity index (χ1v) is 8.77. The SMILES string of the molecule is CCc1ccc(NS(=O)(=O)CCN2CCNCC2)cc1. The van der Waals surface area contributed by atoms with Crippen LogP contribution in [0.15, 0.2) is 24.3 Å². The van der Waals surface area contributed by atoms with E-state index < -0.39 is 10.0 Å². The highest BCUT2D eigenvalue weighted by atomic mass is 32.2. The molecule has 6 heteroatoms. The van der Waals surface area contributed by atoms with E-state index in [-0.39, 0.29) is 5.75 Å². The van der Waals surface area contributed by atoms with E-state index in [2.05, 4.69) is 21.9 Å². The summed E-state index contributed by atoms with van der Waals surface area (Å²) >= 11 is 0. The fraction of sp³-hybridized carbons (Fsp3) is 0.571. The summed E-state index contributed by atoms with van der Waals surface area (Å²) in [7, 11) is -3.27. The number of benzene rings is 1. The molecule has 0 aliphatic carbocycles. The van der Waals surface area contributed by atoms with Gasteiger partial charge in [0.2, 0.25) is 10.0 Å². The summed E-state index contributed by atoms with van der Waals surface area (Å²) in [6, 6.07) is 7.55. The zero-order chi connectivity index (χ0) is 14.4. The van der Waals surface area contributed by atoms with Crippen LogP contribution in [0.2, 0.25) is 0 Å². The van der Waals surface area contributed by atoms with Gasteiger partial charge in [-0.2, -0.15) is 0 Å². The third-order valence-corrected chi connectivity index (χ3v) is 4.79. The first-order chi connectivity index (χ1) is 9.59. The number of hydrogen-bond donors (Lipinski definition) is 2. The standard InChI is InChI=1S/C14H23N3O2S/c1-2-13-3-5-14(6-4-13)16-20(18,19)12-11-17-9-7-15-8-10-17/h3-6,15-16H,2,7-12H2,1H3. The lowest BCUT2D eigenvalue weighted by molar-refractivity contribution is 0.254. The minimum Gasteiger partial charge on any atom is -0.314 e. The van der Waals surface area contributed by atoms with Crippen LogP contribution in [0.3, 0.4) is 0 Å². The lowest BCUT2D eigenvalue weighted by Crippen LogP contribution is -2.45. The van der Waals surface area contributed by atoms with E-state index in [9.17, 15) is 8.42 Å². The highest BCUT2D eigenvalue weighted by Crippen LogP contribution is 2.12. The molecule has 1 aromatic rings. The van der Waals surface area contributed by atoms with Gasteiger partial charge >= 0.3 is 0 Å². The topological polar surface area (TPSA) is 61.4 Å². The number of nitrogens with zero attached hydrogens (tertiary/aromatic N) is 1. The van der Waals surface area contributed by atoms with Crippen molar-refractivity contribution in [2.75, 3.05) is 43.2 Å². The Morgan fingerprint density at radius 1 is 1.20 bits per heavy atom. The van der Waals surface area contributed by atoms with Gasteiger partial charge in [0, 0.05) is 38.4 Å². The number of sulfonamides is 1. The maximum Gasteiger partial charge on any atom is 0.233 e. The molecule has 0 radical (unpaired) electrons. The summed E-state index contributed by atoms with van der Waals surface area (Å²) in [5.41, 5.74) is 1.84. The molecule has 20 heavy (non-hydrogen) atoms. The number of nitrogens with one attached hydrogen (secondary N) is 2. The van der Waals surface area contributed by atoms with Crippen molar-refractivity contribution in [1.82, 2.24) is 10.2 Å². The second-order valence-corrected chi connectivity index (χ2v) is 6.90. The summed E-state index contributed by atoms with van der Waals surface area (Å²) in [6.45, 7) is 6.37. The predicted octanol–water partition coefficient (Wildman–Crippen LogP) is 0.896. The van der Waals surface area contributed by atoms with Crippen molar-refractivity contribution in [3.63, 3.8) is 0 Å². The molecule has 0 unspecified atom stereocenters. The van der Waals surface area contributed by atoms with Crippen LogP contribution in [0, 0.1) is 0 Å². The normalized spacial score (nSPS) is 17.1. The number of anilines is 1. The van der Waals surface area contributed by atoms with Crippen molar-refractivity contribution in [1.29, 1.82) is 0 Å².